The number of hydrogen-bond acceptors (Lipinski definition) is 6. The maximum atomic E-state index is 11.7. The first-order valence-corrected chi connectivity index (χ1v) is 6.10. The van der Waals surface area contributed by atoms with Gasteiger partial charge in [-0.1, -0.05) is 0 Å². The quantitative estimate of drug-likeness (QED) is 0.639. The fourth-order valence-electron chi connectivity index (χ4n) is 1.78. The lowest BCUT2D eigenvalue weighted by atomic mass is 10.1. The number of aromatic nitrogens is 2. The van der Waals surface area contributed by atoms with Crippen LogP contribution in [0.5, 0.6) is 0 Å². The van der Waals surface area contributed by atoms with E-state index in [1.165, 1.54) is 24.4 Å². The van der Waals surface area contributed by atoms with Crippen molar-refractivity contribution in [3.8, 4) is 0 Å². The normalized spacial score (nSPS) is 19.1. The van der Waals surface area contributed by atoms with Crippen molar-refractivity contribution in [2.75, 3.05) is 24.3 Å². The van der Waals surface area contributed by atoms with E-state index in [0.29, 0.717) is 24.7 Å². The van der Waals surface area contributed by atoms with E-state index < -0.39 is 5.97 Å². The SMILES string of the molecule is COC(=O)c1cnc(N2CC(CS)CC2=O)nc1. The summed E-state index contributed by atoms with van der Waals surface area (Å²) in [5.41, 5.74) is 0.263. The van der Waals surface area contributed by atoms with Crippen molar-refractivity contribution in [3.63, 3.8) is 0 Å². The Labute approximate surface area is 110 Å². The van der Waals surface area contributed by atoms with E-state index in [0.717, 1.165) is 0 Å². The third-order valence-corrected chi connectivity index (χ3v) is 3.28. The summed E-state index contributed by atoms with van der Waals surface area (Å²) in [4.78, 5) is 32.5. The Bertz CT molecular complexity index is 463. The van der Waals surface area contributed by atoms with Gasteiger partial charge in [-0.05, 0) is 11.7 Å². The minimum absolute atomic E-state index is 0.0140. The van der Waals surface area contributed by atoms with Crippen LogP contribution in [0.25, 0.3) is 0 Å². The van der Waals surface area contributed by atoms with Crippen LogP contribution in [-0.4, -0.2) is 41.3 Å². The van der Waals surface area contributed by atoms with Crippen LogP contribution < -0.4 is 4.90 Å². The Morgan fingerprint density at radius 2 is 2.22 bits per heavy atom. The Morgan fingerprint density at radius 3 is 2.72 bits per heavy atom. The number of carbonyl (C=O) groups excluding carboxylic acids is 2. The molecule has 0 bridgehead atoms. The van der Waals surface area contributed by atoms with Gasteiger partial charge < -0.3 is 4.74 Å². The minimum Gasteiger partial charge on any atom is -0.465 e. The van der Waals surface area contributed by atoms with E-state index in [-0.39, 0.29) is 17.4 Å². The third kappa shape index (κ3) is 2.45. The van der Waals surface area contributed by atoms with Crippen molar-refractivity contribution in [2.45, 2.75) is 6.42 Å². The average Bonchev–Trinajstić information content (AvgIpc) is 2.79. The molecule has 7 heteroatoms. The maximum Gasteiger partial charge on any atom is 0.341 e. The zero-order valence-corrected chi connectivity index (χ0v) is 10.8. The summed E-state index contributed by atoms with van der Waals surface area (Å²) in [6.07, 6.45) is 3.18. The van der Waals surface area contributed by atoms with E-state index in [2.05, 4.69) is 27.3 Å². The van der Waals surface area contributed by atoms with Gasteiger partial charge in [0.15, 0.2) is 0 Å². The lowest BCUT2D eigenvalue weighted by Gasteiger charge is -2.13. The van der Waals surface area contributed by atoms with Crippen LogP contribution in [0, 0.1) is 5.92 Å². The second-order valence-electron chi connectivity index (χ2n) is 4.02. The van der Waals surface area contributed by atoms with Gasteiger partial charge in [-0.15, -0.1) is 0 Å². The molecule has 2 rings (SSSR count). The van der Waals surface area contributed by atoms with Gasteiger partial charge >= 0.3 is 5.97 Å². The van der Waals surface area contributed by atoms with E-state index in [1.807, 2.05) is 0 Å². The number of ether oxygens (including phenoxy) is 1. The van der Waals surface area contributed by atoms with Gasteiger partial charge in [-0.2, -0.15) is 12.6 Å². The molecular weight excluding hydrogens is 254 g/mol. The van der Waals surface area contributed by atoms with Gasteiger partial charge in [0, 0.05) is 25.4 Å². The van der Waals surface area contributed by atoms with Crippen molar-refractivity contribution in [1.82, 2.24) is 9.97 Å². The molecule has 1 fully saturated rings. The molecule has 1 aromatic rings. The first kappa shape index (κ1) is 12.8. The molecule has 0 N–H and O–H groups in total. The molecule has 1 saturated heterocycles. The molecule has 1 atom stereocenters. The Morgan fingerprint density at radius 1 is 1.56 bits per heavy atom. The van der Waals surface area contributed by atoms with Gasteiger partial charge in [0.25, 0.3) is 0 Å². The first-order valence-electron chi connectivity index (χ1n) is 5.47. The monoisotopic (exact) mass is 267 g/mol. The van der Waals surface area contributed by atoms with Gasteiger partial charge in [-0.3, -0.25) is 9.69 Å². The van der Waals surface area contributed by atoms with E-state index >= 15 is 0 Å². The highest BCUT2D eigenvalue weighted by Crippen LogP contribution is 2.22. The molecule has 96 valence electrons. The van der Waals surface area contributed by atoms with Crippen LogP contribution in [0.15, 0.2) is 12.4 Å². The fraction of sp³-hybridized carbons (Fsp3) is 0.455. The molecule has 1 amide bonds. The Hall–Kier alpha value is -1.63. The van der Waals surface area contributed by atoms with Crippen LogP contribution >= 0.6 is 12.6 Å². The number of thiol groups is 1. The van der Waals surface area contributed by atoms with Crippen LogP contribution in [0.2, 0.25) is 0 Å². The molecule has 0 radical (unpaired) electrons. The zero-order valence-electron chi connectivity index (χ0n) is 9.87. The van der Waals surface area contributed by atoms with Crippen LogP contribution in [0.4, 0.5) is 5.95 Å². The summed E-state index contributed by atoms with van der Waals surface area (Å²) in [6.45, 7) is 0.569. The molecule has 1 aliphatic heterocycles. The van der Waals surface area contributed by atoms with E-state index in [9.17, 15) is 9.59 Å². The summed E-state index contributed by atoms with van der Waals surface area (Å²) < 4.78 is 4.55. The number of amides is 1. The number of esters is 1. The molecular formula is C11H13N3O3S. The summed E-state index contributed by atoms with van der Waals surface area (Å²) in [7, 11) is 1.29. The van der Waals surface area contributed by atoms with Gasteiger partial charge in [0.2, 0.25) is 11.9 Å². The number of nitrogens with zero attached hydrogens (tertiary/aromatic N) is 3. The number of hydrogen-bond donors (Lipinski definition) is 1. The Balaban J connectivity index is 2.15. The molecule has 6 nitrogen and oxygen atoms in total. The predicted octanol–water partition coefficient (Wildman–Crippen LogP) is 0.546. The standard InChI is InChI=1S/C11H13N3O3S/c1-17-10(16)8-3-12-11(13-4-8)14-5-7(6-18)2-9(14)15/h3-4,7,18H,2,5-6H2,1H3. The molecule has 1 unspecified atom stereocenters. The van der Waals surface area contributed by atoms with Gasteiger partial charge in [0.05, 0.1) is 12.7 Å². The van der Waals surface area contributed by atoms with Crippen LogP contribution in [0.1, 0.15) is 16.8 Å². The van der Waals surface area contributed by atoms with Crippen molar-refractivity contribution in [2.24, 2.45) is 5.92 Å². The number of anilines is 1. The Kier molecular flexibility index (Phi) is 3.81. The predicted molar refractivity (Wildman–Crippen MR) is 67.7 cm³/mol. The van der Waals surface area contributed by atoms with Crippen LogP contribution in [-0.2, 0) is 9.53 Å². The zero-order chi connectivity index (χ0) is 13.1. The maximum absolute atomic E-state index is 11.7. The van der Waals surface area contributed by atoms with E-state index in [4.69, 9.17) is 0 Å². The smallest absolute Gasteiger partial charge is 0.341 e. The summed E-state index contributed by atoms with van der Waals surface area (Å²) in [6, 6.07) is 0. The summed E-state index contributed by atoms with van der Waals surface area (Å²) in [5.74, 6) is 0.687. The lowest BCUT2D eigenvalue weighted by molar-refractivity contribution is -0.117. The molecule has 1 aliphatic rings. The lowest BCUT2D eigenvalue weighted by Crippen LogP contribution is -2.26. The largest absolute Gasteiger partial charge is 0.465 e. The highest BCUT2D eigenvalue weighted by molar-refractivity contribution is 7.80. The van der Waals surface area contributed by atoms with Crippen molar-refractivity contribution < 1.29 is 14.3 Å². The molecule has 18 heavy (non-hydrogen) atoms. The molecule has 0 aromatic carbocycles. The molecule has 0 saturated carbocycles. The van der Waals surface area contributed by atoms with Crippen molar-refractivity contribution >= 4 is 30.5 Å². The van der Waals surface area contributed by atoms with Gasteiger partial charge in [0.1, 0.15) is 0 Å². The summed E-state index contributed by atoms with van der Waals surface area (Å²) in [5, 5.41) is 0. The minimum atomic E-state index is -0.498. The number of carbonyl (C=O) groups is 2. The summed E-state index contributed by atoms with van der Waals surface area (Å²) >= 11 is 4.18. The van der Waals surface area contributed by atoms with Crippen molar-refractivity contribution in [1.29, 1.82) is 0 Å². The third-order valence-electron chi connectivity index (χ3n) is 2.76. The fourth-order valence-corrected chi connectivity index (χ4v) is 2.03. The van der Waals surface area contributed by atoms with Crippen molar-refractivity contribution in [3.05, 3.63) is 18.0 Å². The highest BCUT2D eigenvalue weighted by Gasteiger charge is 2.31. The molecule has 2 heterocycles. The van der Waals surface area contributed by atoms with Gasteiger partial charge in [-0.25, -0.2) is 14.8 Å². The molecule has 0 aliphatic carbocycles. The number of methoxy groups -OCH3 is 1. The second-order valence-corrected chi connectivity index (χ2v) is 4.39. The average molecular weight is 267 g/mol. The number of rotatable bonds is 3. The van der Waals surface area contributed by atoms with Crippen LogP contribution in [0.3, 0.4) is 0 Å². The van der Waals surface area contributed by atoms with E-state index in [1.54, 1.807) is 0 Å². The molecule has 0 spiro atoms. The topological polar surface area (TPSA) is 72.4 Å². The highest BCUT2D eigenvalue weighted by atomic mass is 32.1. The second kappa shape index (κ2) is 5.34. The molecule has 1 aromatic heterocycles. The first-order chi connectivity index (χ1) is 8.65.